The molecule has 0 amide bonds. The van der Waals surface area contributed by atoms with Gasteiger partial charge in [0.05, 0.1) is 6.54 Å². The number of nitrogen functional groups attached to an aromatic ring is 1. The first-order chi connectivity index (χ1) is 10.9. The van der Waals surface area contributed by atoms with Crippen molar-refractivity contribution in [3.8, 4) is 0 Å². The number of rotatable bonds is 3. The molecule has 1 aliphatic heterocycles. The van der Waals surface area contributed by atoms with E-state index in [0.717, 1.165) is 38.1 Å². The van der Waals surface area contributed by atoms with Crippen LogP contribution in [0.5, 0.6) is 0 Å². The van der Waals surface area contributed by atoms with Crippen LogP contribution in [0.25, 0.3) is 0 Å². The minimum Gasteiger partial charge on any atom is -0.382 e. The quantitative estimate of drug-likeness (QED) is 0.648. The summed E-state index contributed by atoms with van der Waals surface area (Å²) in [7, 11) is 0. The number of hydrogen-bond donors (Lipinski definition) is 1. The maximum absolute atomic E-state index is 12.2. The van der Waals surface area contributed by atoms with Crippen LogP contribution in [0.1, 0.15) is 36.2 Å². The number of nitrogens with zero attached hydrogens (tertiary/aromatic N) is 3. The molecule has 8 heteroatoms. The van der Waals surface area contributed by atoms with E-state index in [1.54, 1.807) is 12.1 Å². The van der Waals surface area contributed by atoms with Gasteiger partial charge in [0, 0.05) is 12.4 Å². The van der Waals surface area contributed by atoms with Crippen LogP contribution in [-0.2, 0) is 0 Å². The molecule has 1 aromatic rings. The van der Waals surface area contributed by atoms with Crippen LogP contribution in [0.15, 0.2) is 22.6 Å². The van der Waals surface area contributed by atoms with E-state index in [9.17, 15) is 4.79 Å². The highest BCUT2D eigenvalue weighted by atomic mass is 35.5. The van der Waals surface area contributed by atoms with Gasteiger partial charge in [-0.25, -0.2) is 0 Å². The molecule has 0 unspecified atom stereocenters. The number of halogens is 2. The molecule has 0 bridgehead atoms. The van der Waals surface area contributed by atoms with Crippen molar-refractivity contribution in [1.29, 1.82) is 0 Å². The predicted molar refractivity (Wildman–Crippen MR) is 94.7 cm³/mol. The lowest BCUT2D eigenvalue weighted by Crippen LogP contribution is -2.27. The second-order valence-corrected chi connectivity index (χ2v) is 8.59. The van der Waals surface area contributed by atoms with Crippen molar-refractivity contribution in [2.45, 2.75) is 30.0 Å². The van der Waals surface area contributed by atoms with Crippen molar-refractivity contribution in [2.24, 2.45) is 0 Å². The molecule has 1 saturated heterocycles. The SMILES string of the molecule is Nc1ccc(C(=O)CN2CSC(=C3CCC(Cl)(Cl)CC3)C2)nn1. The largest absolute Gasteiger partial charge is 0.382 e. The van der Waals surface area contributed by atoms with Crippen LogP contribution >= 0.6 is 35.0 Å². The first-order valence-corrected chi connectivity index (χ1v) is 9.23. The Morgan fingerprint density at radius 1 is 1.30 bits per heavy atom. The van der Waals surface area contributed by atoms with Gasteiger partial charge < -0.3 is 5.73 Å². The number of nitrogens with two attached hydrogens (primary N) is 1. The Balaban J connectivity index is 1.58. The van der Waals surface area contributed by atoms with Gasteiger partial charge in [0.25, 0.3) is 0 Å². The zero-order valence-corrected chi connectivity index (χ0v) is 14.9. The Labute approximate surface area is 149 Å². The molecule has 0 atom stereocenters. The summed E-state index contributed by atoms with van der Waals surface area (Å²) in [4.78, 5) is 15.7. The highest BCUT2D eigenvalue weighted by molar-refractivity contribution is 8.03. The van der Waals surface area contributed by atoms with Gasteiger partial charge >= 0.3 is 0 Å². The topological polar surface area (TPSA) is 72.1 Å². The number of allylic oxidation sites excluding steroid dienone is 1. The number of hydrogen-bond acceptors (Lipinski definition) is 6. The van der Waals surface area contributed by atoms with E-state index < -0.39 is 4.33 Å². The summed E-state index contributed by atoms with van der Waals surface area (Å²) in [6.07, 6.45) is 3.49. The first kappa shape index (κ1) is 17.0. The van der Waals surface area contributed by atoms with Gasteiger partial charge in [-0.15, -0.1) is 45.2 Å². The number of carbonyl (C=O) groups excluding carboxylic acids is 1. The number of carbonyl (C=O) groups is 1. The number of Topliss-reactive ketones (excluding diaryl/α,β-unsaturated/α-hetero) is 1. The first-order valence-electron chi connectivity index (χ1n) is 7.49. The Morgan fingerprint density at radius 3 is 2.70 bits per heavy atom. The van der Waals surface area contributed by atoms with E-state index in [-0.39, 0.29) is 5.78 Å². The summed E-state index contributed by atoms with van der Waals surface area (Å²) in [5.41, 5.74) is 7.28. The molecule has 1 aliphatic carbocycles. The summed E-state index contributed by atoms with van der Waals surface area (Å²) >= 11 is 14.2. The molecule has 3 rings (SSSR count). The third-order valence-corrected chi connectivity index (χ3v) is 6.12. The van der Waals surface area contributed by atoms with E-state index in [4.69, 9.17) is 28.9 Å². The second kappa shape index (κ2) is 6.97. The van der Waals surface area contributed by atoms with E-state index in [0.29, 0.717) is 18.1 Å². The van der Waals surface area contributed by atoms with E-state index in [1.807, 2.05) is 11.8 Å². The molecule has 2 aliphatic rings. The lowest BCUT2D eigenvalue weighted by Gasteiger charge is -2.27. The van der Waals surface area contributed by atoms with Crippen molar-refractivity contribution in [1.82, 2.24) is 15.1 Å². The van der Waals surface area contributed by atoms with E-state index >= 15 is 0 Å². The fourth-order valence-corrected chi connectivity index (χ4v) is 4.33. The predicted octanol–water partition coefficient (Wildman–Crippen LogP) is 3.25. The maximum atomic E-state index is 12.2. The fraction of sp³-hybridized carbons (Fsp3) is 0.533. The summed E-state index contributed by atoms with van der Waals surface area (Å²) in [6.45, 7) is 1.16. The molecule has 1 saturated carbocycles. The zero-order valence-electron chi connectivity index (χ0n) is 12.6. The van der Waals surface area contributed by atoms with Gasteiger partial charge in [0.15, 0.2) is 5.78 Å². The number of anilines is 1. The van der Waals surface area contributed by atoms with Crippen LogP contribution < -0.4 is 5.73 Å². The molecule has 0 radical (unpaired) electrons. The average Bonchev–Trinajstić information content (AvgIpc) is 2.96. The van der Waals surface area contributed by atoms with Crippen LogP contribution in [-0.4, -0.2) is 44.2 Å². The molecule has 2 heterocycles. The van der Waals surface area contributed by atoms with Gasteiger partial charge in [-0.05, 0) is 42.7 Å². The van der Waals surface area contributed by atoms with Crippen molar-refractivity contribution >= 4 is 46.6 Å². The fourth-order valence-electron chi connectivity index (χ4n) is 2.75. The number of ketones is 1. The third kappa shape index (κ3) is 4.38. The monoisotopic (exact) mass is 372 g/mol. The molecule has 0 spiro atoms. The Hall–Kier alpha value is -0.820. The van der Waals surface area contributed by atoms with Crippen LogP contribution in [0.2, 0.25) is 0 Å². The molecule has 2 fully saturated rings. The van der Waals surface area contributed by atoms with Gasteiger partial charge in [-0.2, -0.15) is 0 Å². The number of thioether (sulfide) groups is 1. The summed E-state index contributed by atoms with van der Waals surface area (Å²) in [5.74, 6) is 1.10. The van der Waals surface area contributed by atoms with Crippen molar-refractivity contribution in [3.63, 3.8) is 0 Å². The molecule has 1 aromatic heterocycles. The van der Waals surface area contributed by atoms with Crippen molar-refractivity contribution < 1.29 is 4.79 Å². The smallest absolute Gasteiger partial charge is 0.197 e. The molecule has 23 heavy (non-hydrogen) atoms. The lowest BCUT2D eigenvalue weighted by atomic mass is 9.93. The third-order valence-electron chi connectivity index (χ3n) is 4.11. The van der Waals surface area contributed by atoms with Gasteiger partial charge in [0.1, 0.15) is 15.8 Å². The summed E-state index contributed by atoms with van der Waals surface area (Å²) in [6, 6.07) is 3.22. The normalized spacial score (nSPS) is 21.7. The molecular formula is C15H18Cl2N4OS. The minimum atomic E-state index is -0.573. The average molecular weight is 373 g/mol. The molecule has 2 N–H and O–H groups in total. The number of alkyl halides is 2. The number of aromatic nitrogens is 2. The summed E-state index contributed by atoms with van der Waals surface area (Å²) in [5, 5.41) is 7.57. The maximum Gasteiger partial charge on any atom is 0.197 e. The Kier molecular flexibility index (Phi) is 5.16. The zero-order chi connectivity index (χ0) is 16.4. The summed E-state index contributed by atoms with van der Waals surface area (Å²) < 4.78 is -0.573. The van der Waals surface area contributed by atoms with Gasteiger partial charge in [-0.3, -0.25) is 9.69 Å². The molecule has 5 nitrogen and oxygen atoms in total. The van der Waals surface area contributed by atoms with E-state index in [2.05, 4.69) is 15.1 Å². The molecular weight excluding hydrogens is 355 g/mol. The standard InChI is InChI=1S/C15H18Cl2N4OS/c16-15(17)5-3-10(4-6-15)13-8-21(9-23-13)7-12(22)11-1-2-14(18)20-19-11/h1-2H,3-9H2,(H2,18,20). The lowest BCUT2D eigenvalue weighted by molar-refractivity contribution is 0.0944. The molecule has 0 aromatic carbocycles. The van der Waals surface area contributed by atoms with Crippen molar-refractivity contribution in [3.05, 3.63) is 28.3 Å². The van der Waals surface area contributed by atoms with Gasteiger partial charge in [0.2, 0.25) is 0 Å². The Bertz CT molecular complexity index is 621. The van der Waals surface area contributed by atoms with Crippen LogP contribution in [0.4, 0.5) is 5.82 Å². The second-order valence-electron chi connectivity index (χ2n) is 5.91. The highest BCUT2D eigenvalue weighted by Gasteiger charge is 2.31. The van der Waals surface area contributed by atoms with Gasteiger partial charge in [-0.1, -0.05) is 5.57 Å². The van der Waals surface area contributed by atoms with E-state index in [1.165, 1.54) is 10.5 Å². The Morgan fingerprint density at radius 2 is 2.04 bits per heavy atom. The highest BCUT2D eigenvalue weighted by Crippen LogP contribution is 2.43. The minimum absolute atomic E-state index is 0.0338. The van der Waals surface area contributed by atoms with Crippen molar-refractivity contribution in [2.75, 3.05) is 24.7 Å². The van der Waals surface area contributed by atoms with Crippen LogP contribution in [0.3, 0.4) is 0 Å². The van der Waals surface area contributed by atoms with Crippen LogP contribution in [0, 0.1) is 0 Å². The molecule has 124 valence electrons.